The van der Waals surface area contributed by atoms with E-state index in [9.17, 15) is 13.2 Å². The molecule has 2 atom stereocenters. The van der Waals surface area contributed by atoms with Crippen molar-refractivity contribution in [3.63, 3.8) is 0 Å². The number of carbonyl (C=O) groups excluding carboxylic acids is 1. The lowest BCUT2D eigenvalue weighted by molar-refractivity contribution is -0.131. The predicted molar refractivity (Wildman–Crippen MR) is 122 cm³/mol. The first kappa shape index (κ1) is 23.9. The fourth-order valence-electron chi connectivity index (χ4n) is 4.44. The Bertz CT molecular complexity index is 801. The second-order valence-electron chi connectivity index (χ2n) is 8.55. The smallest absolute Gasteiger partial charge is 0.252 e. The number of nitrogens with one attached hydrogen (secondary N) is 1. The molecule has 3 heterocycles. The predicted octanol–water partition coefficient (Wildman–Crippen LogP) is 2.19. The highest BCUT2D eigenvalue weighted by atomic mass is 35.5. The quantitative estimate of drug-likeness (QED) is 0.622. The molecule has 1 aromatic heterocycles. The summed E-state index contributed by atoms with van der Waals surface area (Å²) in [5.74, 6) is 1.24. The summed E-state index contributed by atoms with van der Waals surface area (Å²) in [6.07, 6.45) is 1.41. The van der Waals surface area contributed by atoms with Gasteiger partial charge in [-0.3, -0.25) is 4.79 Å². The molecule has 7 nitrogen and oxygen atoms in total. The van der Waals surface area contributed by atoms with Crippen LogP contribution in [-0.4, -0.2) is 87.3 Å². The van der Waals surface area contributed by atoms with Gasteiger partial charge in [0, 0.05) is 65.3 Å². The van der Waals surface area contributed by atoms with Crippen molar-refractivity contribution in [2.45, 2.75) is 30.9 Å². The van der Waals surface area contributed by atoms with Gasteiger partial charge in [0.25, 0.3) is 10.0 Å². The molecule has 10 heteroatoms. The van der Waals surface area contributed by atoms with E-state index < -0.39 is 10.0 Å². The monoisotopic (exact) mass is 476 g/mol. The number of halogens is 1. The van der Waals surface area contributed by atoms with Gasteiger partial charge in [0.1, 0.15) is 4.21 Å². The van der Waals surface area contributed by atoms with Crippen LogP contribution < -0.4 is 5.32 Å². The molecule has 0 aliphatic carbocycles. The minimum absolute atomic E-state index is 0.0149. The van der Waals surface area contributed by atoms with Gasteiger partial charge in [-0.25, -0.2) is 8.42 Å². The highest BCUT2D eigenvalue weighted by Gasteiger charge is 2.29. The van der Waals surface area contributed by atoms with Crippen molar-refractivity contribution in [1.29, 1.82) is 0 Å². The summed E-state index contributed by atoms with van der Waals surface area (Å²) in [6.45, 7) is 10.6. The molecule has 1 N–H and O–H groups in total. The van der Waals surface area contributed by atoms with Crippen LogP contribution in [0.1, 0.15) is 26.7 Å². The second kappa shape index (κ2) is 10.7. The van der Waals surface area contributed by atoms with Gasteiger partial charge in [0.2, 0.25) is 5.91 Å². The molecule has 2 aliphatic rings. The first-order chi connectivity index (χ1) is 14.3. The molecule has 0 spiro atoms. The minimum atomic E-state index is -3.68. The molecule has 30 heavy (non-hydrogen) atoms. The first-order valence-electron chi connectivity index (χ1n) is 10.7. The maximum Gasteiger partial charge on any atom is 0.252 e. The Balaban J connectivity index is 1.67. The maximum atomic E-state index is 13.3. The van der Waals surface area contributed by atoms with Crippen molar-refractivity contribution in [1.82, 2.24) is 19.4 Å². The van der Waals surface area contributed by atoms with Gasteiger partial charge >= 0.3 is 0 Å². The highest BCUT2D eigenvalue weighted by molar-refractivity contribution is 7.91. The lowest BCUT2D eigenvalue weighted by Gasteiger charge is -2.36. The number of nitrogens with zero attached hydrogens (tertiary/aromatic N) is 3. The van der Waals surface area contributed by atoms with Crippen LogP contribution in [0.25, 0.3) is 0 Å². The molecular formula is C20H33ClN4O3S2. The number of carbonyl (C=O) groups is 1. The van der Waals surface area contributed by atoms with E-state index in [4.69, 9.17) is 11.6 Å². The van der Waals surface area contributed by atoms with Crippen LogP contribution in [0, 0.1) is 11.8 Å². The van der Waals surface area contributed by atoms with Gasteiger partial charge in [-0.15, -0.1) is 11.3 Å². The maximum absolute atomic E-state index is 13.3. The SMILES string of the molecule is CC1CC(C)CN(CCN(CCC(=O)N2CCNCC2)S(=O)(=O)c2ccc(Cl)s2)C1. The van der Waals surface area contributed by atoms with Crippen LogP contribution in [0.4, 0.5) is 0 Å². The molecule has 2 aliphatic heterocycles. The zero-order valence-corrected chi connectivity index (χ0v) is 20.2. The Morgan fingerprint density at radius 3 is 2.47 bits per heavy atom. The normalized spacial score (nSPS) is 23.8. The zero-order valence-electron chi connectivity index (χ0n) is 17.8. The standard InChI is InChI=1S/C20H33ClN4O3S2/c1-16-13-17(2)15-23(14-16)11-12-25(30(27,28)20-4-3-18(21)29-20)8-5-19(26)24-9-6-22-7-10-24/h3-4,16-17,22H,5-15H2,1-2H3. The Hall–Kier alpha value is -0.710. The fourth-order valence-corrected chi connectivity index (χ4v) is 7.50. The molecule has 170 valence electrons. The number of amides is 1. The van der Waals surface area contributed by atoms with Crippen molar-refractivity contribution >= 4 is 38.9 Å². The van der Waals surface area contributed by atoms with Crippen LogP contribution in [0.5, 0.6) is 0 Å². The first-order valence-corrected chi connectivity index (χ1v) is 13.4. The Labute approximate surface area is 189 Å². The molecule has 0 bridgehead atoms. The lowest BCUT2D eigenvalue weighted by atomic mass is 9.92. The molecule has 1 aromatic rings. The second-order valence-corrected chi connectivity index (χ2v) is 12.4. The molecule has 2 unspecified atom stereocenters. The number of hydrogen-bond acceptors (Lipinski definition) is 6. The summed E-state index contributed by atoms with van der Waals surface area (Å²) in [5.41, 5.74) is 0. The third-order valence-corrected chi connectivity index (χ3v) is 9.39. The summed E-state index contributed by atoms with van der Waals surface area (Å²) >= 11 is 7.06. The van der Waals surface area contributed by atoms with Crippen LogP contribution >= 0.6 is 22.9 Å². The number of thiophene rings is 1. The minimum Gasteiger partial charge on any atom is -0.340 e. The summed E-state index contributed by atoms with van der Waals surface area (Å²) in [6, 6.07) is 3.16. The topological polar surface area (TPSA) is 73.0 Å². The largest absolute Gasteiger partial charge is 0.340 e. The third kappa shape index (κ3) is 6.40. The van der Waals surface area contributed by atoms with Crippen LogP contribution in [0.3, 0.4) is 0 Å². The van der Waals surface area contributed by atoms with Gasteiger partial charge in [-0.1, -0.05) is 25.4 Å². The Kier molecular flexibility index (Phi) is 8.57. The number of sulfonamides is 1. The lowest BCUT2D eigenvalue weighted by Crippen LogP contribution is -2.48. The molecule has 1 amide bonds. The number of rotatable bonds is 8. The van der Waals surface area contributed by atoms with Gasteiger partial charge in [0.15, 0.2) is 0 Å². The molecule has 2 fully saturated rings. The molecule has 0 aromatic carbocycles. The van der Waals surface area contributed by atoms with E-state index in [1.165, 1.54) is 10.7 Å². The van der Waals surface area contributed by atoms with E-state index >= 15 is 0 Å². The van der Waals surface area contributed by atoms with Crippen molar-refractivity contribution in [3.05, 3.63) is 16.5 Å². The van der Waals surface area contributed by atoms with E-state index in [1.807, 2.05) is 4.90 Å². The van der Waals surface area contributed by atoms with E-state index in [0.717, 1.165) is 37.5 Å². The summed E-state index contributed by atoms with van der Waals surface area (Å²) < 4.78 is 28.7. The average Bonchev–Trinajstić information content (AvgIpc) is 3.15. The van der Waals surface area contributed by atoms with Crippen LogP contribution in [0.15, 0.2) is 16.3 Å². The molecule has 0 radical (unpaired) electrons. The van der Waals surface area contributed by atoms with Crippen LogP contribution in [-0.2, 0) is 14.8 Å². The van der Waals surface area contributed by atoms with Gasteiger partial charge < -0.3 is 15.1 Å². The Morgan fingerprint density at radius 1 is 1.20 bits per heavy atom. The number of piperidine rings is 1. The molecule has 2 saturated heterocycles. The molecule has 0 saturated carbocycles. The third-order valence-electron chi connectivity index (χ3n) is 5.80. The number of likely N-dealkylation sites (tertiary alicyclic amines) is 1. The van der Waals surface area contributed by atoms with Crippen LogP contribution in [0.2, 0.25) is 4.34 Å². The van der Waals surface area contributed by atoms with Crippen molar-refractivity contribution < 1.29 is 13.2 Å². The summed E-state index contributed by atoms with van der Waals surface area (Å²) in [5, 5.41) is 3.23. The van der Waals surface area contributed by atoms with E-state index in [1.54, 1.807) is 12.1 Å². The number of hydrogen-bond donors (Lipinski definition) is 1. The zero-order chi connectivity index (χ0) is 21.7. The summed E-state index contributed by atoms with van der Waals surface area (Å²) in [7, 11) is -3.68. The molecular weight excluding hydrogens is 444 g/mol. The van der Waals surface area contributed by atoms with E-state index in [-0.39, 0.29) is 23.1 Å². The number of piperazine rings is 1. The van der Waals surface area contributed by atoms with E-state index in [0.29, 0.717) is 42.4 Å². The van der Waals surface area contributed by atoms with Crippen molar-refractivity contribution in [3.8, 4) is 0 Å². The Morgan fingerprint density at radius 2 is 1.87 bits per heavy atom. The van der Waals surface area contributed by atoms with Gasteiger partial charge in [-0.2, -0.15) is 4.31 Å². The van der Waals surface area contributed by atoms with Crippen molar-refractivity contribution in [2.24, 2.45) is 11.8 Å². The van der Waals surface area contributed by atoms with Crippen molar-refractivity contribution in [2.75, 3.05) is 58.9 Å². The summed E-state index contributed by atoms with van der Waals surface area (Å²) in [4.78, 5) is 16.8. The van der Waals surface area contributed by atoms with E-state index in [2.05, 4.69) is 24.1 Å². The average molecular weight is 477 g/mol. The highest BCUT2D eigenvalue weighted by Crippen LogP contribution is 2.28. The van der Waals surface area contributed by atoms with Gasteiger partial charge in [-0.05, 0) is 30.4 Å². The fraction of sp³-hybridized carbons (Fsp3) is 0.750. The van der Waals surface area contributed by atoms with Gasteiger partial charge in [0.05, 0.1) is 4.34 Å². The molecule has 3 rings (SSSR count).